The van der Waals surface area contributed by atoms with Gasteiger partial charge >= 0.3 is 19.5 Å². The molecule has 0 aliphatic heterocycles. The smallest absolute Gasteiger partial charge is 0.577 e. The van der Waals surface area contributed by atoms with Gasteiger partial charge in [-0.05, 0) is 0 Å². The summed E-state index contributed by atoms with van der Waals surface area (Å²) in [6.07, 6.45) is 0. The van der Waals surface area contributed by atoms with Crippen LogP contribution < -0.4 is 0 Å². The molecule has 0 fully saturated rings. The second-order valence-corrected chi connectivity index (χ2v) is 0.224. The molecule has 0 aromatic heterocycles. The molecule has 0 N–H and O–H groups in total. The van der Waals surface area contributed by atoms with E-state index in [4.69, 9.17) is 25.8 Å². The van der Waals surface area contributed by atoms with Gasteiger partial charge in [0.1, 0.15) is 0 Å². The molecule has 6 nitrogen and oxygen atoms in total. The SMILES string of the molecule is O=[N+]([O-])[O-].[N-]=O.[Ru+3]. The van der Waals surface area contributed by atoms with Crippen LogP contribution in [-0.4, -0.2) is 5.09 Å². The van der Waals surface area contributed by atoms with Gasteiger partial charge in [0, 0.05) is 0 Å². The zero-order chi connectivity index (χ0) is 5.58. The average molecular weight is 193 g/mol. The van der Waals surface area contributed by atoms with Crippen LogP contribution in [0.1, 0.15) is 0 Å². The largest absolute Gasteiger partial charge is 3.00 e. The van der Waals surface area contributed by atoms with E-state index in [9.17, 15) is 0 Å². The molecule has 0 aliphatic rings. The third kappa shape index (κ3) is 191. The quantitative estimate of drug-likeness (QED) is 0.308. The Morgan fingerprint density at radius 1 is 1.29 bits per heavy atom. The average Bonchev–Trinajstić information content (AvgIpc) is 1.41. The molecule has 0 atom stereocenters. The maximum absolute atomic E-state index is 8.25. The van der Waals surface area contributed by atoms with Crippen molar-refractivity contribution in [3.63, 3.8) is 0 Å². The minimum absolute atomic E-state index is 0. The summed E-state index contributed by atoms with van der Waals surface area (Å²) >= 11 is 0. The summed E-state index contributed by atoms with van der Waals surface area (Å²) < 4.78 is 0. The Hall–Kier alpha value is -0.577. The molecule has 0 aromatic carbocycles. The topological polar surface area (TPSA) is 106 Å². The Labute approximate surface area is 51.1 Å². The maximum atomic E-state index is 8.25. The Morgan fingerprint density at radius 2 is 1.29 bits per heavy atom. The van der Waals surface area contributed by atoms with Crippen molar-refractivity contribution >= 4 is 0 Å². The second kappa shape index (κ2) is 18.1. The summed E-state index contributed by atoms with van der Waals surface area (Å²) in [6, 6.07) is 0. The van der Waals surface area contributed by atoms with Crippen molar-refractivity contribution in [2.45, 2.75) is 0 Å². The number of nitroso groups, excluding NO2 is 1. The molecule has 0 saturated heterocycles. The first-order valence-corrected chi connectivity index (χ1v) is 0.730. The van der Waals surface area contributed by atoms with Gasteiger partial charge in [0.25, 0.3) is 0 Å². The van der Waals surface area contributed by atoms with Gasteiger partial charge in [-0.2, -0.15) is 0 Å². The van der Waals surface area contributed by atoms with Crippen LogP contribution in [0.25, 0.3) is 5.59 Å². The molecule has 0 unspecified atom stereocenters. The fraction of sp³-hybridized carbons (Fsp3) is 0. The van der Waals surface area contributed by atoms with E-state index in [1.807, 2.05) is 0 Å². The van der Waals surface area contributed by atoms with E-state index in [0.717, 1.165) is 0 Å². The van der Waals surface area contributed by atoms with Gasteiger partial charge in [0.15, 0.2) is 0 Å². The van der Waals surface area contributed by atoms with Gasteiger partial charge in [-0.1, -0.05) is 0 Å². The summed E-state index contributed by atoms with van der Waals surface area (Å²) in [5, 5.41) is 14.8. The zero-order valence-corrected chi connectivity index (χ0v) is 4.62. The molecule has 1 radical (unpaired) electrons. The van der Waals surface area contributed by atoms with Crippen molar-refractivity contribution in [2.24, 2.45) is 0 Å². The van der Waals surface area contributed by atoms with Crippen LogP contribution in [0, 0.1) is 20.2 Å². The number of hydrogen-bond acceptors (Lipinski definition) is 4. The van der Waals surface area contributed by atoms with E-state index < -0.39 is 5.09 Å². The van der Waals surface area contributed by atoms with Crippen molar-refractivity contribution < 1.29 is 24.6 Å². The van der Waals surface area contributed by atoms with E-state index >= 15 is 0 Å². The predicted molar refractivity (Wildman–Crippen MR) is 17.1 cm³/mol. The summed E-state index contributed by atoms with van der Waals surface area (Å²) in [4.78, 5) is 15.5. The van der Waals surface area contributed by atoms with E-state index in [2.05, 4.69) is 0 Å². The molecule has 7 heteroatoms. The summed E-state index contributed by atoms with van der Waals surface area (Å²) in [7, 11) is 0. The third-order valence-corrected chi connectivity index (χ3v) is 0. The van der Waals surface area contributed by atoms with Gasteiger partial charge in [-0.3, -0.25) is 0 Å². The van der Waals surface area contributed by atoms with Crippen LogP contribution in [0.5, 0.6) is 0 Å². The number of nitrogens with zero attached hydrogens (tertiary/aromatic N) is 2. The Morgan fingerprint density at radius 3 is 1.29 bits per heavy atom. The van der Waals surface area contributed by atoms with Gasteiger partial charge in [0.05, 0.1) is 5.09 Å². The molecular formula is N2O4Ru+. The molecule has 0 saturated carbocycles. The van der Waals surface area contributed by atoms with Gasteiger partial charge in [-0.15, -0.1) is 0 Å². The minimum atomic E-state index is -1.75. The van der Waals surface area contributed by atoms with Gasteiger partial charge < -0.3 is 25.8 Å². The summed E-state index contributed by atoms with van der Waals surface area (Å²) in [5.41, 5.74) is 5.75. The monoisotopic (exact) mass is 194 g/mol. The normalized spacial score (nSPS) is 4.00. The second-order valence-electron chi connectivity index (χ2n) is 0.224. The summed E-state index contributed by atoms with van der Waals surface area (Å²) in [6.45, 7) is 0. The molecule has 0 rings (SSSR count). The molecule has 41 valence electrons. The van der Waals surface area contributed by atoms with Crippen LogP contribution in [0.4, 0.5) is 0 Å². The van der Waals surface area contributed by atoms with Crippen LogP contribution in [-0.2, 0) is 19.5 Å². The summed E-state index contributed by atoms with van der Waals surface area (Å²) in [5.74, 6) is 0. The minimum Gasteiger partial charge on any atom is -0.577 e. The van der Waals surface area contributed by atoms with Crippen LogP contribution in [0.15, 0.2) is 0 Å². The first kappa shape index (κ1) is 16.1. The fourth-order valence-electron chi connectivity index (χ4n) is 0. The van der Waals surface area contributed by atoms with Crippen molar-refractivity contribution in [3.8, 4) is 0 Å². The molecule has 0 aromatic rings. The van der Waals surface area contributed by atoms with Crippen molar-refractivity contribution in [1.29, 1.82) is 0 Å². The zero-order valence-electron chi connectivity index (χ0n) is 2.88. The molecular weight excluding hydrogens is 193 g/mol. The molecule has 0 amide bonds. The fourth-order valence-corrected chi connectivity index (χ4v) is 0. The molecule has 7 heavy (non-hydrogen) atoms. The van der Waals surface area contributed by atoms with E-state index in [0.29, 0.717) is 0 Å². The predicted octanol–water partition coefficient (Wildman–Crippen LogP) is 0.0806. The van der Waals surface area contributed by atoms with Crippen molar-refractivity contribution in [1.82, 2.24) is 0 Å². The third-order valence-electron chi connectivity index (χ3n) is 0. The van der Waals surface area contributed by atoms with Crippen molar-refractivity contribution in [2.75, 3.05) is 0 Å². The van der Waals surface area contributed by atoms with E-state index in [1.54, 1.807) is 0 Å². The standard InChI is InChI=1S/NO3.NO.Ru/c2-1(3)4;1-2;/q2*-1;+3. The first-order valence-electron chi connectivity index (χ1n) is 0.730. The molecule has 0 heterocycles. The Balaban J connectivity index is -0.0000000480. The van der Waals surface area contributed by atoms with Crippen LogP contribution in [0.3, 0.4) is 0 Å². The molecule has 0 spiro atoms. The first-order chi connectivity index (χ1) is 2.73. The van der Waals surface area contributed by atoms with E-state index in [-0.39, 0.29) is 19.5 Å². The number of hydrogen-bond donors (Lipinski definition) is 0. The van der Waals surface area contributed by atoms with Gasteiger partial charge in [0.2, 0.25) is 0 Å². The molecule has 0 bridgehead atoms. The van der Waals surface area contributed by atoms with E-state index in [1.165, 1.54) is 0 Å². The van der Waals surface area contributed by atoms with Crippen LogP contribution >= 0.6 is 0 Å². The van der Waals surface area contributed by atoms with Crippen molar-refractivity contribution in [3.05, 3.63) is 25.8 Å². The molecule has 0 aliphatic carbocycles. The Bertz CT molecular complexity index is 41.0. The van der Waals surface area contributed by atoms with Gasteiger partial charge in [-0.25, -0.2) is 0 Å². The van der Waals surface area contributed by atoms with Crippen LogP contribution in [0.2, 0.25) is 0 Å². The maximum Gasteiger partial charge on any atom is 3.00 e. The Kier molecular flexibility index (Phi) is 41.6. The number of rotatable bonds is 0.